The number of nitrogens with one attached hydrogen (secondary N) is 1. The average Bonchev–Trinajstić information content (AvgIpc) is 2.73. The molecule has 0 aliphatic carbocycles. The Labute approximate surface area is 122 Å². The topological polar surface area (TPSA) is 28.2 Å². The van der Waals surface area contributed by atoms with Crippen LogP contribution < -0.4 is 5.32 Å². The molecule has 0 radical (unpaired) electrons. The van der Waals surface area contributed by atoms with E-state index in [4.69, 9.17) is 0 Å². The highest BCUT2D eigenvalue weighted by molar-refractivity contribution is 5.09. The zero-order valence-electron chi connectivity index (χ0n) is 12.6. The fourth-order valence-electron chi connectivity index (χ4n) is 3.96. The lowest BCUT2D eigenvalue weighted by molar-refractivity contribution is 0.118. The Hall–Kier alpha value is -0.930. The van der Waals surface area contributed by atoms with Gasteiger partial charge in [0.1, 0.15) is 0 Å². The smallest absolute Gasteiger partial charge is 0.0300 e. The summed E-state index contributed by atoms with van der Waals surface area (Å²) in [4.78, 5) is 6.99. The number of fused-ring (bicyclic) bond motifs is 2. The van der Waals surface area contributed by atoms with Crippen molar-refractivity contribution in [3.63, 3.8) is 0 Å². The number of hydrogen-bond donors (Lipinski definition) is 1. The number of aromatic nitrogens is 1. The van der Waals surface area contributed by atoms with E-state index < -0.39 is 0 Å². The lowest BCUT2D eigenvalue weighted by Gasteiger charge is -2.39. The Morgan fingerprint density at radius 3 is 2.75 bits per heavy atom. The van der Waals surface area contributed by atoms with Crippen LogP contribution in [0, 0.1) is 0 Å². The monoisotopic (exact) mass is 273 g/mol. The van der Waals surface area contributed by atoms with Crippen molar-refractivity contribution in [2.75, 3.05) is 13.1 Å². The van der Waals surface area contributed by atoms with E-state index in [1.54, 1.807) is 0 Å². The van der Waals surface area contributed by atoms with E-state index in [9.17, 15) is 0 Å². The summed E-state index contributed by atoms with van der Waals surface area (Å²) in [5, 5.41) is 3.73. The third-order valence-corrected chi connectivity index (χ3v) is 4.95. The fourth-order valence-corrected chi connectivity index (χ4v) is 3.96. The van der Waals surface area contributed by atoms with Gasteiger partial charge in [0, 0.05) is 37.1 Å². The average molecular weight is 273 g/mol. The van der Waals surface area contributed by atoms with E-state index in [0.717, 1.165) is 24.5 Å². The Morgan fingerprint density at radius 1 is 1.30 bits per heavy atom. The molecule has 1 aromatic rings. The van der Waals surface area contributed by atoms with Crippen LogP contribution in [0.5, 0.6) is 0 Å². The molecular formula is C17H27N3. The summed E-state index contributed by atoms with van der Waals surface area (Å²) < 4.78 is 0. The summed E-state index contributed by atoms with van der Waals surface area (Å²) in [7, 11) is 0. The first-order valence-electron chi connectivity index (χ1n) is 8.25. The van der Waals surface area contributed by atoms with Gasteiger partial charge in [-0.2, -0.15) is 0 Å². The molecule has 3 heterocycles. The maximum absolute atomic E-state index is 4.22. The molecule has 1 aromatic heterocycles. The van der Waals surface area contributed by atoms with Crippen LogP contribution in [0.3, 0.4) is 0 Å². The van der Waals surface area contributed by atoms with E-state index >= 15 is 0 Å². The van der Waals surface area contributed by atoms with E-state index in [1.165, 1.54) is 50.8 Å². The summed E-state index contributed by atoms with van der Waals surface area (Å²) >= 11 is 0. The Morgan fingerprint density at radius 2 is 2.10 bits per heavy atom. The SMILES string of the molecule is CCCNC1CC2CCC(C1)N2CCc1cccnc1. The molecule has 2 bridgehead atoms. The summed E-state index contributed by atoms with van der Waals surface area (Å²) in [5.41, 5.74) is 1.37. The predicted octanol–water partition coefficient (Wildman–Crippen LogP) is 2.62. The van der Waals surface area contributed by atoms with Crippen LogP contribution in [0.4, 0.5) is 0 Å². The van der Waals surface area contributed by atoms with E-state index in [0.29, 0.717) is 0 Å². The lowest BCUT2D eigenvalue weighted by Crippen LogP contribution is -2.49. The second-order valence-corrected chi connectivity index (χ2v) is 6.36. The second kappa shape index (κ2) is 6.68. The second-order valence-electron chi connectivity index (χ2n) is 6.36. The number of rotatable bonds is 6. The summed E-state index contributed by atoms with van der Waals surface area (Å²) in [6.07, 6.45) is 11.8. The van der Waals surface area contributed by atoms with E-state index in [1.807, 2.05) is 18.5 Å². The maximum Gasteiger partial charge on any atom is 0.0300 e. The van der Waals surface area contributed by atoms with Crippen molar-refractivity contribution in [2.24, 2.45) is 0 Å². The molecule has 3 rings (SSSR count). The Kier molecular flexibility index (Phi) is 4.69. The van der Waals surface area contributed by atoms with Gasteiger partial charge in [0.2, 0.25) is 0 Å². The first-order chi connectivity index (χ1) is 9.86. The van der Waals surface area contributed by atoms with Gasteiger partial charge in [-0.25, -0.2) is 0 Å². The van der Waals surface area contributed by atoms with Gasteiger partial charge in [0.15, 0.2) is 0 Å². The zero-order chi connectivity index (χ0) is 13.8. The predicted molar refractivity (Wildman–Crippen MR) is 82.8 cm³/mol. The molecule has 20 heavy (non-hydrogen) atoms. The van der Waals surface area contributed by atoms with Crippen LogP contribution in [0.15, 0.2) is 24.5 Å². The van der Waals surface area contributed by atoms with Gasteiger partial charge in [-0.3, -0.25) is 9.88 Å². The van der Waals surface area contributed by atoms with Gasteiger partial charge < -0.3 is 5.32 Å². The van der Waals surface area contributed by atoms with Crippen molar-refractivity contribution < 1.29 is 0 Å². The molecule has 0 saturated carbocycles. The van der Waals surface area contributed by atoms with Crippen LogP contribution in [-0.2, 0) is 6.42 Å². The summed E-state index contributed by atoms with van der Waals surface area (Å²) in [6.45, 7) is 4.64. The zero-order valence-corrected chi connectivity index (χ0v) is 12.6. The highest BCUT2D eigenvalue weighted by Crippen LogP contribution is 2.35. The van der Waals surface area contributed by atoms with Crippen molar-refractivity contribution in [3.05, 3.63) is 30.1 Å². The van der Waals surface area contributed by atoms with Crippen LogP contribution in [-0.4, -0.2) is 41.1 Å². The molecule has 2 aliphatic heterocycles. The van der Waals surface area contributed by atoms with E-state index in [-0.39, 0.29) is 0 Å². The summed E-state index contributed by atoms with van der Waals surface area (Å²) in [6, 6.07) is 6.65. The largest absolute Gasteiger partial charge is 0.314 e. The highest BCUT2D eigenvalue weighted by atomic mass is 15.2. The molecule has 3 heteroatoms. The van der Waals surface area contributed by atoms with Gasteiger partial charge in [0.05, 0.1) is 0 Å². The van der Waals surface area contributed by atoms with E-state index in [2.05, 4.69) is 28.2 Å². The standard InChI is InChI=1S/C17H27N3/c1-2-8-19-15-11-16-5-6-17(12-15)20(16)10-7-14-4-3-9-18-13-14/h3-4,9,13,15-17,19H,2,5-8,10-12H2,1H3. The molecule has 110 valence electrons. The minimum atomic E-state index is 0.766. The molecular weight excluding hydrogens is 246 g/mol. The van der Waals surface area contributed by atoms with Gasteiger partial charge in [0.25, 0.3) is 0 Å². The number of pyridine rings is 1. The van der Waals surface area contributed by atoms with Crippen LogP contribution in [0.1, 0.15) is 44.6 Å². The molecule has 2 unspecified atom stereocenters. The van der Waals surface area contributed by atoms with Crippen molar-refractivity contribution in [3.8, 4) is 0 Å². The third kappa shape index (κ3) is 3.21. The van der Waals surface area contributed by atoms with Crippen LogP contribution in [0.25, 0.3) is 0 Å². The maximum atomic E-state index is 4.22. The minimum Gasteiger partial charge on any atom is -0.314 e. The molecule has 1 N–H and O–H groups in total. The number of nitrogens with zero attached hydrogens (tertiary/aromatic N) is 2. The molecule has 0 aromatic carbocycles. The Bertz CT molecular complexity index is 392. The minimum absolute atomic E-state index is 0.766. The van der Waals surface area contributed by atoms with Crippen molar-refractivity contribution in [2.45, 2.75) is 63.6 Å². The number of piperidine rings is 1. The third-order valence-electron chi connectivity index (χ3n) is 4.95. The molecule has 0 amide bonds. The highest BCUT2D eigenvalue weighted by Gasteiger charge is 2.39. The fraction of sp³-hybridized carbons (Fsp3) is 0.706. The Balaban J connectivity index is 1.52. The lowest BCUT2D eigenvalue weighted by atomic mass is 9.96. The molecule has 2 fully saturated rings. The van der Waals surface area contributed by atoms with Crippen LogP contribution in [0.2, 0.25) is 0 Å². The van der Waals surface area contributed by atoms with Crippen LogP contribution >= 0.6 is 0 Å². The van der Waals surface area contributed by atoms with Crippen molar-refractivity contribution >= 4 is 0 Å². The van der Waals surface area contributed by atoms with Gasteiger partial charge in [-0.15, -0.1) is 0 Å². The molecule has 3 nitrogen and oxygen atoms in total. The normalized spacial score (nSPS) is 29.8. The number of hydrogen-bond acceptors (Lipinski definition) is 3. The van der Waals surface area contributed by atoms with Crippen molar-refractivity contribution in [1.29, 1.82) is 0 Å². The first-order valence-corrected chi connectivity index (χ1v) is 8.25. The molecule has 2 atom stereocenters. The molecule has 2 saturated heterocycles. The molecule has 0 spiro atoms. The quantitative estimate of drug-likeness (QED) is 0.863. The summed E-state index contributed by atoms with van der Waals surface area (Å²) in [5.74, 6) is 0. The molecule has 2 aliphatic rings. The van der Waals surface area contributed by atoms with Gasteiger partial charge >= 0.3 is 0 Å². The first kappa shape index (κ1) is 14.0. The van der Waals surface area contributed by atoms with Crippen molar-refractivity contribution in [1.82, 2.24) is 15.2 Å². The van der Waals surface area contributed by atoms with Gasteiger partial charge in [-0.1, -0.05) is 13.0 Å². The van der Waals surface area contributed by atoms with Gasteiger partial charge in [-0.05, 0) is 56.7 Å².